The standard InChI is InChI=1S/C18H12BI2P/c19-16-13(14-7-4-8-15(20)17(14)21)10-9-12(18(16)22)11-5-2-1-3-6-11/h1-10H,22H2. The van der Waals surface area contributed by atoms with Gasteiger partial charge in [0.05, 0.1) is 0 Å². The molecule has 0 N–H and O–H groups in total. The monoisotopic (exact) mass is 524 g/mol. The summed E-state index contributed by atoms with van der Waals surface area (Å²) in [6.07, 6.45) is 0. The van der Waals surface area contributed by atoms with Gasteiger partial charge in [0, 0.05) is 7.14 Å². The molecule has 3 aromatic rings. The second-order valence-corrected chi connectivity index (χ2v) is 7.77. The fraction of sp³-hybridized carbons (Fsp3) is 0. The van der Waals surface area contributed by atoms with Crippen molar-refractivity contribution < 1.29 is 0 Å². The van der Waals surface area contributed by atoms with Crippen LogP contribution in [0.15, 0.2) is 60.7 Å². The van der Waals surface area contributed by atoms with Crippen LogP contribution in [0.1, 0.15) is 0 Å². The lowest BCUT2D eigenvalue weighted by Crippen LogP contribution is -2.24. The summed E-state index contributed by atoms with van der Waals surface area (Å²) in [6, 6.07) is 20.9. The van der Waals surface area contributed by atoms with Gasteiger partial charge in [0.2, 0.25) is 0 Å². The fourth-order valence-corrected chi connectivity index (χ4v) is 4.02. The fourth-order valence-electron chi connectivity index (χ4n) is 2.45. The van der Waals surface area contributed by atoms with Crippen LogP contribution in [0, 0.1) is 7.14 Å². The first-order valence-corrected chi connectivity index (χ1v) is 9.51. The highest BCUT2D eigenvalue weighted by Crippen LogP contribution is 2.29. The van der Waals surface area contributed by atoms with Crippen molar-refractivity contribution in [1.82, 2.24) is 0 Å². The number of hydrogen-bond donors (Lipinski definition) is 0. The van der Waals surface area contributed by atoms with Crippen molar-refractivity contribution >= 4 is 73.0 Å². The van der Waals surface area contributed by atoms with Crippen LogP contribution in [0.25, 0.3) is 22.3 Å². The molecule has 22 heavy (non-hydrogen) atoms. The van der Waals surface area contributed by atoms with Gasteiger partial charge in [0.15, 0.2) is 0 Å². The molecule has 0 spiro atoms. The molecule has 0 saturated heterocycles. The van der Waals surface area contributed by atoms with Gasteiger partial charge < -0.3 is 0 Å². The van der Waals surface area contributed by atoms with Crippen molar-refractivity contribution in [1.29, 1.82) is 0 Å². The Balaban J connectivity index is 2.17. The molecule has 0 aliphatic carbocycles. The molecule has 0 saturated carbocycles. The first kappa shape index (κ1) is 16.5. The second kappa shape index (κ2) is 7.02. The summed E-state index contributed by atoms with van der Waals surface area (Å²) in [4.78, 5) is 0. The highest BCUT2D eigenvalue weighted by Gasteiger charge is 2.12. The number of hydrogen-bond acceptors (Lipinski definition) is 0. The highest BCUT2D eigenvalue weighted by molar-refractivity contribution is 14.1. The third-order valence-electron chi connectivity index (χ3n) is 3.61. The van der Waals surface area contributed by atoms with E-state index in [0.717, 1.165) is 21.9 Å². The Labute approximate surface area is 162 Å². The summed E-state index contributed by atoms with van der Waals surface area (Å²) in [5.74, 6) is 0. The second-order valence-electron chi connectivity index (χ2n) is 4.96. The summed E-state index contributed by atoms with van der Waals surface area (Å²) in [5, 5.41) is 1.05. The van der Waals surface area contributed by atoms with Crippen molar-refractivity contribution in [2.75, 3.05) is 0 Å². The summed E-state index contributed by atoms with van der Waals surface area (Å²) < 4.78 is 2.48. The summed E-state index contributed by atoms with van der Waals surface area (Å²) >= 11 is 4.75. The topological polar surface area (TPSA) is 0 Å². The molecule has 0 amide bonds. The molecule has 0 nitrogen and oxygen atoms in total. The van der Waals surface area contributed by atoms with E-state index in [0.29, 0.717) is 0 Å². The van der Waals surface area contributed by atoms with Crippen LogP contribution in [0.5, 0.6) is 0 Å². The summed E-state index contributed by atoms with van der Waals surface area (Å²) in [6.45, 7) is 0. The van der Waals surface area contributed by atoms with E-state index in [1.54, 1.807) is 0 Å². The third-order valence-corrected chi connectivity index (χ3v) is 7.33. The maximum absolute atomic E-state index is 6.45. The molecule has 1 unspecified atom stereocenters. The van der Waals surface area contributed by atoms with E-state index in [-0.39, 0.29) is 0 Å². The van der Waals surface area contributed by atoms with Crippen molar-refractivity contribution in [3.8, 4) is 22.3 Å². The minimum atomic E-state index is 0.825. The van der Waals surface area contributed by atoms with Crippen LogP contribution in [0.4, 0.5) is 0 Å². The Morgan fingerprint density at radius 1 is 0.727 bits per heavy atom. The zero-order valence-corrected chi connectivity index (χ0v) is 17.2. The average molecular weight is 524 g/mol. The first-order valence-electron chi connectivity index (χ1n) is 6.77. The van der Waals surface area contributed by atoms with Gasteiger partial charge in [-0.25, -0.2) is 0 Å². The van der Waals surface area contributed by atoms with Crippen molar-refractivity contribution in [2.24, 2.45) is 0 Å². The van der Waals surface area contributed by atoms with Gasteiger partial charge in [0.1, 0.15) is 7.85 Å². The summed E-state index contributed by atoms with van der Waals surface area (Å²) in [5.41, 5.74) is 5.45. The zero-order chi connectivity index (χ0) is 15.7. The summed E-state index contributed by atoms with van der Waals surface area (Å²) in [7, 11) is 9.25. The van der Waals surface area contributed by atoms with Gasteiger partial charge in [-0.2, -0.15) is 0 Å². The van der Waals surface area contributed by atoms with E-state index in [2.05, 4.69) is 96.9 Å². The Hall–Kier alpha value is -0.385. The molecule has 3 aromatic carbocycles. The van der Waals surface area contributed by atoms with Gasteiger partial charge in [-0.15, -0.1) is 9.24 Å². The molecular weight excluding hydrogens is 512 g/mol. The smallest absolute Gasteiger partial charge is 0.106 e. The Morgan fingerprint density at radius 2 is 1.41 bits per heavy atom. The van der Waals surface area contributed by atoms with E-state index >= 15 is 0 Å². The molecule has 0 aliphatic rings. The lowest BCUT2D eigenvalue weighted by atomic mass is 9.84. The average Bonchev–Trinajstić information content (AvgIpc) is 2.54. The molecule has 2 radical (unpaired) electrons. The first-order chi connectivity index (χ1) is 10.6. The zero-order valence-electron chi connectivity index (χ0n) is 11.7. The molecular formula is C18H12BI2P. The predicted octanol–water partition coefficient (Wildman–Crippen LogP) is 4.52. The molecule has 0 fully saturated rings. The minimum absolute atomic E-state index is 0.825. The number of rotatable bonds is 2. The van der Waals surface area contributed by atoms with E-state index in [4.69, 9.17) is 7.85 Å². The van der Waals surface area contributed by atoms with E-state index in [1.807, 2.05) is 18.2 Å². The van der Waals surface area contributed by atoms with Gasteiger partial charge in [-0.05, 0) is 78.8 Å². The van der Waals surface area contributed by atoms with Gasteiger partial charge in [-0.1, -0.05) is 60.1 Å². The lowest BCUT2D eigenvalue weighted by Gasteiger charge is -2.16. The molecule has 0 aliphatic heterocycles. The quantitative estimate of drug-likeness (QED) is 0.263. The maximum Gasteiger partial charge on any atom is 0.115 e. The molecule has 0 heterocycles. The molecule has 1 atom stereocenters. The Bertz CT molecular complexity index is 832. The van der Waals surface area contributed by atoms with Crippen LogP contribution < -0.4 is 10.8 Å². The molecule has 4 heteroatoms. The van der Waals surface area contributed by atoms with Crippen LogP contribution in [-0.2, 0) is 0 Å². The third kappa shape index (κ3) is 3.13. The largest absolute Gasteiger partial charge is 0.115 e. The number of benzene rings is 3. The van der Waals surface area contributed by atoms with Crippen molar-refractivity contribution in [2.45, 2.75) is 0 Å². The van der Waals surface area contributed by atoms with Crippen LogP contribution >= 0.6 is 54.4 Å². The van der Waals surface area contributed by atoms with Gasteiger partial charge in [0.25, 0.3) is 0 Å². The molecule has 3 rings (SSSR count). The van der Waals surface area contributed by atoms with Gasteiger partial charge in [-0.3, -0.25) is 0 Å². The number of halogens is 2. The molecule has 0 aromatic heterocycles. The van der Waals surface area contributed by atoms with E-state index in [9.17, 15) is 0 Å². The highest BCUT2D eigenvalue weighted by atomic mass is 127. The Kier molecular flexibility index (Phi) is 5.26. The Morgan fingerprint density at radius 3 is 2.14 bits per heavy atom. The molecule has 0 bridgehead atoms. The lowest BCUT2D eigenvalue weighted by molar-refractivity contribution is 1.56. The molecule has 106 valence electrons. The van der Waals surface area contributed by atoms with Crippen LogP contribution in [-0.4, -0.2) is 7.85 Å². The van der Waals surface area contributed by atoms with E-state index in [1.165, 1.54) is 18.3 Å². The van der Waals surface area contributed by atoms with Crippen LogP contribution in [0.3, 0.4) is 0 Å². The van der Waals surface area contributed by atoms with E-state index < -0.39 is 0 Å². The van der Waals surface area contributed by atoms with Crippen LogP contribution in [0.2, 0.25) is 0 Å². The van der Waals surface area contributed by atoms with Crippen molar-refractivity contribution in [3.05, 3.63) is 67.8 Å². The van der Waals surface area contributed by atoms with Gasteiger partial charge >= 0.3 is 0 Å². The normalized spacial score (nSPS) is 10.7. The maximum atomic E-state index is 6.45. The SMILES string of the molecule is [B]c1c(-c2cccc(I)c2I)ccc(-c2ccccc2)c1P. The van der Waals surface area contributed by atoms with Crippen molar-refractivity contribution in [3.63, 3.8) is 0 Å². The predicted molar refractivity (Wildman–Crippen MR) is 117 cm³/mol. The minimum Gasteiger partial charge on any atom is -0.106 e.